The highest BCUT2D eigenvalue weighted by Gasteiger charge is 2.25. The third-order valence-corrected chi connectivity index (χ3v) is 5.70. The molecule has 2 rings (SSSR count). The third-order valence-electron chi connectivity index (χ3n) is 4.76. The minimum absolute atomic E-state index is 0.500. The van der Waals surface area contributed by atoms with Crippen LogP contribution in [-0.2, 0) is 6.42 Å². The van der Waals surface area contributed by atoms with Crippen LogP contribution in [0, 0.1) is 11.8 Å². The molecule has 0 radical (unpaired) electrons. The molecule has 1 atom stereocenters. The number of nitrogens with one attached hydrogen (secondary N) is 1. The molecule has 5 heteroatoms. The molecular formula is C18H32N4S. The molecule has 0 amide bonds. The van der Waals surface area contributed by atoms with Crippen molar-refractivity contribution in [3.63, 3.8) is 0 Å². The highest BCUT2D eigenvalue weighted by atomic mass is 32.1. The van der Waals surface area contributed by atoms with Gasteiger partial charge in [-0.25, -0.2) is 0 Å². The molecule has 4 nitrogen and oxygen atoms in total. The topological polar surface area (TPSA) is 53.6 Å². The molecule has 0 aromatic carbocycles. The van der Waals surface area contributed by atoms with E-state index in [-0.39, 0.29) is 0 Å². The lowest BCUT2D eigenvalue weighted by Gasteiger charge is -2.38. The third kappa shape index (κ3) is 6.15. The van der Waals surface area contributed by atoms with Crippen LogP contribution >= 0.6 is 11.3 Å². The average Bonchev–Trinajstić information content (AvgIpc) is 3.02. The van der Waals surface area contributed by atoms with Crippen LogP contribution < -0.4 is 11.1 Å². The largest absolute Gasteiger partial charge is 0.370 e. The summed E-state index contributed by atoms with van der Waals surface area (Å²) < 4.78 is 0. The Balaban J connectivity index is 1.77. The van der Waals surface area contributed by atoms with E-state index < -0.39 is 0 Å². The van der Waals surface area contributed by atoms with Crippen LogP contribution in [0.3, 0.4) is 0 Å². The van der Waals surface area contributed by atoms with E-state index in [9.17, 15) is 0 Å². The van der Waals surface area contributed by atoms with E-state index in [2.05, 4.69) is 53.5 Å². The fraction of sp³-hybridized carbons (Fsp3) is 0.722. The first kappa shape index (κ1) is 18.3. The van der Waals surface area contributed by atoms with Crippen molar-refractivity contribution in [1.82, 2.24) is 10.2 Å². The first-order valence-corrected chi connectivity index (χ1v) is 9.74. The summed E-state index contributed by atoms with van der Waals surface area (Å²) in [5.74, 6) is 2.05. The predicted molar refractivity (Wildman–Crippen MR) is 101 cm³/mol. The Morgan fingerprint density at radius 2 is 2.17 bits per heavy atom. The van der Waals surface area contributed by atoms with Crippen molar-refractivity contribution >= 4 is 17.3 Å². The molecule has 1 aliphatic heterocycles. The van der Waals surface area contributed by atoms with Crippen molar-refractivity contribution in [1.29, 1.82) is 0 Å². The van der Waals surface area contributed by atoms with Crippen molar-refractivity contribution in [2.45, 2.75) is 46.1 Å². The molecule has 1 aromatic heterocycles. The molecule has 1 aromatic rings. The van der Waals surface area contributed by atoms with E-state index >= 15 is 0 Å². The predicted octanol–water partition coefficient (Wildman–Crippen LogP) is 2.95. The summed E-state index contributed by atoms with van der Waals surface area (Å²) in [5, 5.41) is 5.35. The summed E-state index contributed by atoms with van der Waals surface area (Å²) in [6, 6.07) is 4.75. The summed E-state index contributed by atoms with van der Waals surface area (Å²) in [4.78, 5) is 8.59. The summed E-state index contributed by atoms with van der Waals surface area (Å²) in [6.07, 6.45) is 3.62. The zero-order valence-corrected chi connectivity index (χ0v) is 15.6. The SMILES string of the molecule is CC1CCN(C(CN=C(N)NCCc2cccs2)C(C)C)CC1. The van der Waals surface area contributed by atoms with Crippen molar-refractivity contribution in [3.8, 4) is 0 Å². The second-order valence-electron chi connectivity index (χ2n) is 7.01. The summed E-state index contributed by atoms with van der Waals surface area (Å²) in [7, 11) is 0. The number of likely N-dealkylation sites (tertiary alicyclic amines) is 1. The first-order valence-electron chi connectivity index (χ1n) is 8.86. The van der Waals surface area contributed by atoms with Gasteiger partial charge in [-0.2, -0.15) is 0 Å². The fourth-order valence-corrected chi connectivity index (χ4v) is 3.83. The Bertz CT molecular complexity index is 461. The number of thiophene rings is 1. The van der Waals surface area contributed by atoms with Gasteiger partial charge in [-0.1, -0.05) is 26.8 Å². The van der Waals surface area contributed by atoms with E-state index in [0.29, 0.717) is 17.9 Å². The van der Waals surface area contributed by atoms with E-state index in [4.69, 9.17) is 5.73 Å². The van der Waals surface area contributed by atoms with Crippen molar-refractivity contribution in [2.75, 3.05) is 26.2 Å². The molecule has 1 aliphatic rings. The minimum atomic E-state index is 0.500. The lowest BCUT2D eigenvalue weighted by Crippen LogP contribution is -2.46. The van der Waals surface area contributed by atoms with Crippen molar-refractivity contribution < 1.29 is 0 Å². The second-order valence-corrected chi connectivity index (χ2v) is 8.04. The van der Waals surface area contributed by atoms with Crippen LogP contribution in [0.15, 0.2) is 22.5 Å². The van der Waals surface area contributed by atoms with Gasteiger partial charge in [-0.3, -0.25) is 9.89 Å². The molecule has 1 saturated heterocycles. The van der Waals surface area contributed by atoms with Gasteiger partial charge in [-0.05, 0) is 55.6 Å². The number of rotatable bonds is 7. The van der Waals surface area contributed by atoms with Gasteiger partial charge in [0.2, 0.25) is 0 Å². The molecule has 0 saturated carbocycles. The lowest BCUT2D eigenvalue weighted by molar-refractivity contribution is 0.113. The van der Waals surface area contributed by atoms with Crippen molar-refractivity contribution in [2.24, 2.45) is 22.6 Å². The average molecular weight is 337 g/mol. The molecule has 1 unspecified atom stereocenters. The zero-order valence-electron chi connectivity index (χ0n) is 14.8. The summed E-state index contributed by atoms with van der Waals surface area (Å²) in [5.41, 5.74) is 6.04. The van der Waals surface area contributed by atoms with E-state index in [1.165, 1.54) is 30.8 Å². The molecule has 2 heterocycles. The maximum atomic E-state index is 6.04. The number of nitrogens with two attached hydrogens (primary N) is 1. The fourth-order valence-electron chi connectivity index (χ4n) is 3.12. The molecule has 3 N–H and O–H groups in total. The summed E-state index contributed by atoms with van der Waals surface area (Å²) >= 11 is 1.79. The summed E-state index contributed by atoms with van der Waals surface area (Å²) in [6.45, 7) is 11.0. The van der Waals surface area contributed by atoms with Gasteiger partial charge in [-0.15, -0.1) is 11.3 Å². The normalized spacial score (nSPS) is 19.2. The molecule has 23 heavy (non-hydrogen) atoms. The van der Waals surface area contributed by atoms with Crippen LogP contribution in [0.4, 0.5) is 0 Å². The van der Waals surface area contributed by atoms with E-state index in [1.54, 1.807) is 11.3 Å². The van der Waals surface area contributed by atoms with Crippen LogP contribution in [0.5, 0.6) is 0 Å². The smallest absolute Gasteiger partial charge is 0.188 e. The van der Waals surface area contributed by atoms with Crippen molar-refractivity contribution in [3.05, 3.63) is 22.4 Å². The van der Waals surface area contributed by atoms with Gasteiger partial charge >= 0.3 is 0 Å². The molecule has 130 valence electrons. The minimum Gasteiger partial charge on any atom is -0.370 e. The number of hydrogen-bond donors (Lipinski definition) is 2. The van der Waals surface area contributed by atoms with E-state index in [1.807, 2.05) is 0 Å². The van der Waals surface area contributed by atoms with Crippen LogP contribution in [0.2, 0.25) is 0 Å². The maximum Gasteiger partial charge on any atom is 0.188 e. The van der Waals surface area contributed by atoms with Gasteiger partial charge < -0.3 is 11.1 Å². The number of piperidine rings is 1. The molecule has 0 aliphatic carbocycles. The second kappa shape index (κ2) is 9.28. The molecule has 0 spiro atoms. The quantitative estimate of drug-likeness (QED) is 0.594. The standard InChI is InChI=1S/C18H32N4S/c1-14(2)17(22-10-7-15(3)8-11-22)13-21-18(19)20-9-6-16-5-4-12-23-16/h4-5,12,14-15,17H,6-11,13H2,1-3H3,(H3,19,20,21). The number of nitrogens with zero attached hydrogens (tertiary/aromatic N) is 2. The number of aliphatic imine (C=N–C) groups is 1. The first-order chi connectivity index (χ1) is 11.1. The lowest BCUT2D eigenvalue weighted by atomic mass is 9.94. The number of hydrogen-bond acceptors (Lipinski definition) is 3. The van der Waals surface area contributed by atoms with Gasteiger partial charge in [0, 0.05) is 17.5 Å². The maximum absolute atomic E-state index is 6.04. The van der Waals surface area contributed by atoms with Crippen LogP contribution in [-0.4, -0.2) is 43.1 Å². The highest BCUT2D eigenvalue weighted by molar-refractivity contribution is 7.09. The monoisotopic (exact) mass is 336 g/mol. The molecule has 1 fully saturated rings. The number of guanidine groups is 1. The van der Waals surface area contributed by atoms with Gasteiger partial charge in [0.25, 0.3) is 0 Å². The van der Waals surface area contributed by atoms with Gasteiger partial charge in [0.15, 0.2) is 5.96 Å². The Labute approximate surface area is 145 Å². The Morgan fingerprint density at radius 3 is 2.78 bits per heavy atom. The van der Waals surface area contributed by atoms with Gasteiger partial charge in [0.1, 0.15) is 0 Å². The Morgan fingerprint density at radius 1 is 1.43 bits per heavy atom. The van der Waals surface area contributed by atoms with Crippen LogP contribution in [0.1, 0.15) is 38.5 Å². The van der Waals surface area contributed by atoms with E-state index in [0.717, 1.165) is 25.4 Å². The van der Waals surface area contributed by atoms with Gasteiger partial charge in [0.05, 0.1) is 6.54 Å². The highest BCUT2D eigenvalue weighted by Crippen LogP contribution is 2.21. The molecule has 0 bridgehead atoms. The zero-order chi connectivity index (χ0) is 16.7. The van der Waals surface area contributed by atoms with Crippen LogP contribution in [0.25, 0.3) is 0 Å². The Hall–Kier alpha value is -1.07. The Kier molecular flexibility index (Phi) is 7.37. The molecular weight excluding hydrogens is 304 g/mol.